The van der Waals surface area contributed by atoms with E-state index < -0.39 is 23.0 Å². The average Bonchev–Trinajstić information content (AvgIpc) is 2.44. The molecule has 0 unspecified atom stereocenters. The number of hydrogen-bond acceptors (Lipinski definition) is 3. The number of halogens is 3. The lowest BCUT2D eigenvalue weighted by Crippen LogP contribution is -2.46. The average molecular weight is 320 g/mol. The van der Waals surface area contributed by atoms with E-state index in [9.17, 15) is 13.6 Å². The summed E-state index contributed by atoms with van der Waals surface area (Å²) in [6, 6.07) is 1.48. The molecule has 0 saturated heterocycles. The van der Waals surface area contributed by atoms with Crippen molar-refractivity contribution in [3.05, 3.63) is 28.8 Å². The lowest BCUT2D eigenvalue weighted by molar-refractivity contribution is -0.122. The molecule has 21 heavy (non-hydrogen) atoms. The summed E-state index contributed by atoms with van der Waals surface area (Å²) in [4.78, 5) is 12.4. The van der Waals surface area contributed by atoms with Gasteiger partial charge in [0.1, 0.15) is 11.2 Å². The Morgan fingerprint density at radius 3 is 2.43 bits per heavy atom. The van der Waals surface area contributed by atoms with Crippen LogP contribution < -0.4 is 11.1 Å². The van der Waals surface area contributed by atoms with Crippen molar-refractivity contribution in [3.8, 4) is 0 Å². The van der Waals surface area contributed by atoms with Gasteiger partial charge in [-0.2, -0.15) is 0 Å². The molecule has 0 aliphatic heterocycles. The van der Waals surface area contributed by atoms with Crippen molar-refractivity contribution in [2.45, 2.75) is 26.7 Å². The largest absolute Gasteiger partial charge is 0.409 e. The standard InChI is InChI=1S/C13H16ClF2N3O2/c1-3-13(4-2,11(17)19-21)12(20)18-10-8(14)5-7(15)6-9(10)16/h5-6,21H,3-4H2,1-2H3,(H2,17,19)(H,18,20). The van der Waals surface area contributed by atoms with E-state index >= 15 is 0 Å². The molecule has 0 heterocycles. The van der Waals surface area contributed by atoms with Crippen LogP contribution in [0.2, 0.25) is 5.02 Å². The number of carbonyl (C=O) groups excluding carboxylic acids is 1. The molecule has 4 N–H and O–H groups in total. The molecule has 8 heteroatoms. The Bertz CT molecular complexity index is 552. The maximum Gasteiger partial charge on any atom is 0.238 e. The molecule has 0 aliphatic carbocycles. The quantitative estimate of drug-likeness (QED) is 0.337. The number of hydrogen-bond donors (Lipinski definition) is 3. The molecule has 0 fully saturated rings. The van der Waals surface area contributed by atoms with Crippen LogP contribution in [0.3, 0.4) is 0 Å². The first kappa shape index (κ1) is 17.2. The van der Waals surface area contributed by atoms with Crippen LogP contribution in [-0.4, -0.2) is 17.0 Å². The van der Waals surface area contributed by atoms with Gasteiger partial charge in [0.2, 0.25) is 5.91 Å². The van der Waals surface area contributed by atoms with Crippen LogP contribution in [0.25, 0.3) is 0 Å². The van der Waals surface area contributed by atoms with E-state index in [2.05, 4.69) is 10.5 Å². The number of nitrogens with zero attached hydrogens (tertiary/aromatic N) is 1. The number of nitrogens with two attached hydrogens (primary N) is 1. The Morgan fingerprint density at radius 2 is 2.00 bits per heavy atom. The van der Waals surface area contributed by atoms with Gasteiger partial charge in [-0.05, 0) is 18.9 Å². The van der Waals surface area contributed by atoms with Gasteiger partial charge in [0, 0.05) is 6.07 Å². The molecule has 0 spiro atoms. The number of nitrogens with one attached hydrogen (secondary N) is 1. The Balaban J connectivity index is 3.21. The van der Waals surface area contributed by atoms with Crippen molar-refractivity contribution in [1.29, 1.82) is 0 Å². The van der Waals surface area contributed by atoms with Gasteiger partial charge in [-0.1, -0.05) is 30.6 Å². The van der Waals surface area contributed by atoms with Gasteiger partial charge in [-0.3, -0.25) is 4.79 Å². The van der Waals surface area contributed by atoms with Crippen molar-refractivity contribution in [2.24, 2.45) is 16.3 Å². The summed E-state index contributed by atoms with van der Waals surface area (Å²) < 4.78 is 26.7. The number of amidine groups is 1. The highest BCUT2D eigenvalue weighted by molar-refractivity contribution is 6.34. The molecule has 1 rings (SSSR count). The van der Waals surface area contributed by atoms with Crippen LogP contribution in [-0.2, 0) is 4.79 Å². The molecule has 0 atom stereocenters. The highest BCUT2D eigenvalue weighted by atomic mass is 35.5. The summed E-state index contributed by atoms with van der Waals surface area (Å²) in [5.74, 6) is -2.84. The third-order valence-corrected chi connectivity index (χ3v) is 3.78. The van der Waals surface area contributed by atoms with Crippen LogP contribution in [0.5, 0.6) is 0 Å². The molecule has 1 aromatic carbocycles. The van der Waals surface area contributed by atoms with E-state index in [4.69, 9.17) is 22.5 Å². The zero-order valence-corrected chi connectivity index (χ0v) is 12.3. The SMILES string of the molecule is CCC(CC)(C(=O)Nc1c(F)cc(F)cc1Cl)C(N)=NO. The summed E-state index contributed by atoms with van der Waals surface area (Å²) >= 11 is 5.72. The Labute approximate surface area is 125 Å². The van der Waals surface area contributed by atoms with E-state index in [1.165, 1.54) is 0 Å². The van der Waals surface area contributed by atoms with Gasteiger partial charge in [0.05, 0.1) is 10.7 Å². The minimum atomic E-state index is -1.31. The predicted octanol–water partition coefficient (Wildman–Crippen LogP) is 3.11. The summed E-state index contributed by atoms with van der Waals surface area (Å²) in [5, 5.41) is 13.7. The van der Waals surface area contributed by atoms with Crippen LogP contribution in [0, 0.1) is 17.0 Å². The Hall–Kier alpha value is -1.89. The first-order valence-corrected chi connectivity index (χ1v) is 6.64. The Morgan fingerprint density at radius 1 is 1.43 bits per heavy atom. The number of oxime groups is 1. The van der Waals surface area contributed by atoms with Crippen molar-refractivity contribution >= 4 is 29.0 Å². The second-order valence-corrected chi connectivity index (χ2v) is 4.88. The number of benzene rings is 1. The number of anilines is 1. The maximum atomic E-state index is 13.7. The highest BCUT2D eigenvalue weighted by Gasteiger charge is 2.40. The minimum Gasteiger partial charge on any atom is -0.409 e. The van der Waals surface area contributed by atoms with E-state index in [-0.39, 0.29) is 29.4 Å². The maximum absolute atomic E-state index is 13.7. The summed E-state index contributed by atoms with van der Waals surface area (Å²) in [5.41, 5.74) is 3.93. The van der Waals surface area contributed by atoms with Gasteiger partial charge in [0.15, 0.2) is 11.7 Å². The van der Waals surface area contributed by atoms with Gasteiger partial charge in [-0.15, -0.1) is 0 Å². The lowest BCUT2D eigenvalue weighted by atomic mass is 9.80. The monoisotopic (exact) mass is 319 g/mol. The van der Waals surface area contributed by atoms with Gasteiger partial charge >= 0.3 is 0 Å². The molecule has 5 nitrogen and oxygen atoms in total. The summed E-state index contributed by atoms with van der Waals surface area (Å²) in [7, 11) is 0. The van der Waals surface area contributed by atoms with Gasteiger partial charge in [0.25, 0.3) is 0 Å². The first-order chi connectivity index (χ1) is 9.82. The van der Waals surface area contributed by atoms with Crippen LogP contribution in [0.15, 0.2) is 17.3 Å². The first-order valence-electron chi connectivity index (χ1n) is 6.26. The third-order valence-electron chi connectivity index (χ3n) is 3.49. The van der Waals surface area contributed by atoms with Crippen LogP contribution in [0.4, 0.5) is 14.5 Å². The molecule has 1 amide bonds. The molecule has 0 bridgehead atoms. The van der Waals surface area contributed by atoms with E-state index in [1.807, 2.05) is 0 Å². The molecule has 0 radical (unpaired) electrons. The molecule has 0 aromatic heterocycles. The smallest absolute Gasteiger partial charge is 0.238 e. The van der Waals surface area contributed by atoms with E-state index in [0.717, 1.165) is 6.07 Å². The predicted molar refractivity (Wildman–Crippen MR) is 76.4 cm³/mol. The van der Waals surface area contributed by atoms with E-state index in [0.29, 0.717) is 6.07 Å². The fraction of sp³-hybridized carbons (Fsp3) is 0.385. The summed E-state index contributed by atoms with van der Waals surface area (Å²) in [6.45, 7) is 3.34. The van der Waals surface area contributed by atoms with Crippen LogP contribution >= 0.6 is 11.6 Å². The highest BCUT2D eigenvalue weighted by Crippen LogP contribution is 2.32. The molecule has 1 aromatic rings. The third kappa shape index (κ3) is 3.24. The van der Waals surface area contributed by atoms with Gasteiger partial charge < -0.3 is 16.3 Å². The van der Waals surface area contributed by atoms with Gasteiger partial charge in [-0.25, -0.2) is 8.78 Å². The fourth-order valence-electron chi connectivity index (χ4n) is 2.04. The van der Waals surface area contributed by atoms with Crippen molar-refractivity contribution in [2.75, 3.05) is 5.32 Å². The number of rotatable bonds is 5. The Kier molecular flexibility index (Phi) is 5.48. The van der Waals surface area contributed by atoms with E-state index in [1.54, 1.807) is 13.8 Å². The number of amides is 1. The topological polar surface area (TPSA) is 87.7 Å². The van der Waals surface area contributed by atoms with Crippen molar-refractivity contribution in [1.82, 2.24) is 0 Å². The molecule has 0 saturated carbocycles. The zero-order chi connectivity index (χ0) is 16.2. The van der Waals surface area contributed by atoms with Crippen LogP contribution in [0.1, 0.15) is 26.7 Å². The minimum absolute atomic E-state index is 0.228. The normalized spacial score (nSPS) is 12.3. The molecular weight excluding hydrogens is 304 g/mol. The number of carbonyl (C=O) groups is 1. The molecule has 0 aliphatic rings. The second kappa shape index (κ2) is 6.71. The zero-order valence-electron chi connectivity index (χ0n) is 11.6. The molecular formula is C13H16ClF2N3O2. The van der Waals surface area contributed by atoms with Crippen molar-refractivity contribution in [3.63, 3.8) is 0 Å². The second-order valence-electron chi connectivity index (χ2n) is 4.47. The summed E-state index contributed by atoms with van der Waals surface area (Å²) in [6.07, 6.45) is 0.456. The fourth-order valence-corrected chi connectivity index (χ4v) is 2.28. The lowest BCUT2D eigenvalue weighted by Gasteiger charge is -2.28. The van der Waals surface area contributed by atoms with Crippen molar-refractivity contribution < 1.29 is 18.8 Å². The molecule has 116 valence electrons.